The fourth-order valence-corrected chi connectivity index (χ4v) is 1.63. The first-order chi connectivity index (χ1) is 7.26. The number of carbonyl (C=O) groups is 1. The van der Waals surface area contributed by atoms with Crippen LogP contribution in [0.5, 0.6) is 0 Å². The average Bonchev–Trinajstić information content (AvgIpc) is 2.97. The van der Waals surface area contributed by atoms with E-state index in [9.17, 15) is 4.79 Å². The predicted octanol–water partition coefficient (Wildman–Crippen LogP) is 0.992. The molecule has 1 saturated carbocycles. The maximum atomic E-state index is 12.0. The largest absolute Gasteiger partial charge is 0.333 e. The summed E-state index contributed by atoms with van der Waals surface area (Å²) >= 11 is 0. The monoisotopic (exact) mass is 208 g/mol. The zero-order valence-electron chi connectivity index (χ0n) is 9.16. The van der Waals surface area contributed by atoms with Gasteiger partial charge in [0, 0.05) is 19.0 Å². The molecule has 1 amide bonds. The van der Waals surface area contributed by atoms with Gasteiger partial charge in [-0.1, -0.05) is 6.92 Å². The van der Waals surface area contributed by atoms with E-state index in [2.05, 4.69) is 15.2 Å². The fraction of sp³-hybridized carbons (Fsp3) is 0.700. The molecule has 0 spiro atoms. The van der Waals surface area contributed by atoms with Crippen LogP contribution in [0.3, 0.4) is 0 Å². The highest BCUT2D eigenvalue weighted by Crippen LogP contribution is 2.27. The standard InChI is InChI=1S/C10H16N4O/c1-3-8-11-9(13-12-8)10(15)14(4-2)7-5-6-7/h7H,3-6H2,1-2H3,(H,11,12,13). The molecule has 82 valence electrons. The summed E-state index contributed by atoms with van der Waals surface area (Å²) in [6.45, 7) is 4.70. The molecule has 0 atom stereocenters. The van der Waals surface area contributed by atoms with Crippen LogP contribution in [-0.4, -0.2) is 38.6 Å². The predicted molar refractivity (Wildman–Crippen MR) is 55.5 cm³/mol. The molecule has 0 aliphatic heterocycles. The van der Waals surface area contributed by atoms with E-state index in [1.54, 1.807) is 0 Å². The van der Waals surface area contributed by atoms with E-state index in [0.29, 0.717) is 11.9 Å². The number of H-pyrrole nitrogens is 1. The molecule has 1 fully saturated rings. The van der Waals surface area contributed by atoms with Gasteiger partial charge in [-0.3, -0.25) is 9.89 Å². The molecule has 1 aromatic heterocycles. The van der Waals surface area contributed by atoms with Gasteiger partial charge in [0.05, 0.1) is 0 Å². The van der Waals surface area contributed by atoms with Crippen molar-refractivity contribution in [1.29, 1.82) is 0 Å². The van der Waals surface area contributed by atoms with Crippen molar-refractivity contribution in [2.45, 2.75) is 39.2 Å². The molecule has 1 heterocycles. The van der Waals surface area contributed by atoms with Crippen molar-refractivity contribution in [3.05, 3.63) is 11.6 Å². The molecule has 0 radical (unpaired) electrons. The second-order valence-electron chi connectivity index (χ2n) is 3.78. The van der Waals surface area contributed by atoms with Crippen molar-refractivity contribution in [3.63, 3.8) is 0 Å². The Kier molecular flexibility index (Phi) is 2.70. The van der Waals surface area contributed by atoms with E-state index in [1.807, 2.05) is 18.7 Å². The Balaban J connectivity index is 2.11. The van der Waals surface area contributed by atoms with Gasteiger partial charge < -0.3 is 4.90 Å². The zero-order valence-corrected chi connectivity index (χ0v) is 9.16. The number of nitrogens with zero attached hydrogens (tertiary/aromatic N) is 3. The number of hydrogen-bond acceptors (Lipinski definition) is 3. The van der Waals surface area contributed by atoms with Gasteiger partial charge in [-0.05, 0) is 19.8 Å². The van der Waals surface area contributed by atoms with Crippen molar-refractivity contribution in [3.8, 4) is 0 Å². The van der Waals surface area contributed by atoms with Crippen LogP contribution in [0.15, 0.2) is 0 Å². The average molecular weight is 208 g/mol. The maximum absolute atomic E-state index is 12.0. The van der Waals surface area contributed by atoms with Crippen LogP contribution in [0, 0.1) is 0 Å². The molecular formula is C10H16N4O. The van der Waals surface area contributed by atoms with Gasteiger partial charge in [-0.15, -0.1) is 5.10 Å². The van der Waals surface area contributed by atoms with Crippen molar-refractivity contribution in [2.75, 3.05) is 6.54 Å². The highest BCUT2D eigenvalue weighted by Gasteiger charge is 2.33. The summed E-state index contributed by atoms with van der Waals surface area (Å²) in [5.74, 6) is 1.03. The van der Waals surface area contributed by atoms with Gasteiger partial charge in [0.1, 0.15) is 5.82 Å². The van der Waals surface area contributed by atoms with Gasteiger partial charge in [-0.2, -0.15) is 0 Å². The summed E-state index contributed by atoms with van der Waals surface area (Å²) in [4.78, 5) is 18.0. The Bertz CT molecular complexity index is 356. The molecular weight excluding hydrogens is 192 g/mol. The third-order valence-electron chi connectivity index (χ3n) is 2.65. The van der Waals surface area contributed by atoms with Gasteiger partial charge in [-0.25, -0.2) is 4.98 Å². The van der Waals surface area contributed by atoms with Crippen LogP contribution < -0.4 is 0 Å². The number of amides is 1. The number of carbonyl (C=O) groups excluding carboxylic acids is 1. The Labute approximate surface area is 88.9 Å². The molecule has 15 heavy (non-hydrogen) atoms. The molecule has 5 heteroatoms. The van der Waals surface area contributed by atoms with Gasteiger partial charge in [0.15, 0.2) is 0 Å². The van der Waals surface area contributed by atoms with Gasteiger partial charge in [0.2, 0.25) is 5.82 Å². The van der Waals surface area contributed by atoms with Crippen LogP contribution in [0.2, 0.25) is 0 Å². The normalized spacial score (nSPS) is 15.3. The molecule has 0 bridgehead atoms. The number of nitrogens with one attached hydrogen (secondary N) is 1. The first-order valence-electron chi connectivity index (χ1n) is 5.48. The minimum absolute atomic E-state index is 0.0454. The number of aryl methyl sites for hydroxylation is 1. The second kappa shape index (κ2) is 4.00. The lowest BCUT2D eigenvalue weighted by atomic mass is 10.4. The summed E-state index contributed by atoms with van der Waals surface area (Å²) in [6, 6.07) is 0.422. The molecule has 1 aliphatic rings. The summed E-state index contributed by atoms with van der Waals surface area (Å²) in [7, 11) is 0. The van der Waals surface area contributed by atoms with E-state index in [0.717, 1.165) is 31.6 Å². The molecule has 2 rings (SSSR count). The third kappa shape index (κ3) is 2.00. The molecule has 5 nitrogen and oxygen atoms in total. The summed E-state index contributed by atoms with van der Waals surface area (Å²) < 4.78 is 0. The van der Waals surface area contributed by atoms with Gasteiger partial charge in [0.25, 0.3) is 5.91 Å². The van der Waals surface area contributed by atoms with Crippen molar-refractivity contribution >= 4 is 5.91 Å². The highest BCUT2D eigenvalue weighted by atomic mass is 16.2. The van der Waals surface area contributed by atoms with Crippen LogP contribution in [0.25, 0.3) is 0 Å². The minimum atomic E-state index is -0.0454. The van der Waals surface area contributed by atoms with E-state index >= 15 is 0 Å². The van der Waals surface area contributed by atoms with Crippen LogP contribution in [0.1, 0.15) is 43.1 Å². The lowest BCUT2D eigenvalue weighted by molar-refractivity contribution is 0.0740. The summed E-state index contributed by atoms with van der Waals surface area (Å²) in [5.41, 5.74) is 0. The summed E-state index contributed by atoms with van der Waals surface area (Å²) in [5, 5.41) is 6.70. The van der Waals surface area contributed by atoms with E-state index in [4.69, 9.17) is 0 Å². The van der Waals surface area contributed by atoms with E-state index in [-0.39, 0.29) is 5.91 Å². The molecule has 0 aromatic carbocycles. The number of hydrogen-bond donors (Lipinski definition) is 1. The lowest BCUT2D eigenvalue weighted by Gasteiger charge is -2.17. The maximum Gasteiger partial charge on any atom is 0.293 e. The zero-order chi connectivity index (χ0) is 10.8. The molecule has 1 aromatic rings. The first kappa shape index (κ1) is 10.1. The van der Waals surface area contributed by atoms with Crippen LogP contribution in [0.4, 0.5) is 0 Å². The smallest absolute Gasteiger partial charge is 0.293 e. The Morgan fingerprint density at radius 3 is 2.73 bits per heavy atom. The van der Waals surface area contributed by atoms with Crippen LogP contribution in [-0.2, 0) is 6.42 Å². The topological polar surface area (TPSA) is 61.9 Å². The van der Waals surface area contributed by atoms with E-state index < -0.39 is 0 Å². The Morgan fingerprint density at radius 2 is 2.27 bits per heavy atom. The fourth-order valence-electron chi connectivity index (χ4n) is 1.63. The summed E-state index contributed by atoms with van der Waals surface area (Å²) in [6.07, 6.45) is 3.01. The van der Waals surface area contributed by atoms with Crippen molar-refractivity contribution in [2.24, 2.45) is 0 Å². The highest BCUT2D eigenvalue weighted by molar-refractivity contribution is 5.90. The molecule has 1 aliphatic carbocycles. The van der Waals surface area contributed by atoms with Crippen molar-refractivity contribution in [1.82, 2.24) is 20.1 Å². The number of rotatable bonds is 4. The first-order valence-corrected chi connectivity index (χ1v) is 5.48. The molecule has 0 unspecified atom stereocenters. The Morgan fingerprint density at radius 1 is 1.53 bits per heavy atom. The number of aromatic amines is 1. The quantitative estimate of drug-likeness (QED) is 0.802. The Hall–Kier alpha value is -1.39. The third-order valence-corrected chi connectivity index (χ3v) is 2.65. The number of aromatic nitrogens is 3. The van der Waals surface area contributed by atoms with E-state index in [1.165, 1.54) is 0 Å². The lowest BCUT2D eigenvalue weighted by Crippen LogP contribution is -2.33. The SMILES string of the molecule is CCc1nc(C(=O)N(CC)C2CC2)n[nH]1. The molecule has 1 N–H and O–H groups in total. The minimum Gasteiger partial charge on any atom is -0.333 e. The second-order valence-corrected chi connectivity index (χ2v) is 3.78. The molecule has 0 saturated heterocycles. The van der Waals surface area contributed by atoms with Crippen LogP contribution >= 0.6 is 0 Å². The van der Waals surface area contributed by atoms with Gasteiger partial charge >= 0.3 is 0 Å². The van der Waals surface area contributed by atoms with Crippen molar-refractivity contribution < 1.29 is 4.79 Å².